The van der Waals surface area contributed by atoms with E-state index in [1.54, 1.807) is 7.11 Å². The van der Waals surface area contributed by atoms with Gasteiger partial charge in [-0.2, -0.15) is 0 Å². The van der Waals surface area contributed by atoms with E-state index in [0.717, 1.165) is 19.1 Å². The third-order valence-corrected chi connectivity index (χ3v) is 4.55. The molecule has 3 heteroatoms. The van der Waals surface area contributed by atoms with Gasteiger partial charge >= 0.3 is 0 Å². The molecule has 108 valence electrons. The first-order chi connectivity index (χ1) is 8.72. The van der Waals surface area contributed by atoms with E-state index in [1.165, 1.54) is 45.1 Å². The number of nitrogens with zero attached hydrogens (tertiary/aromatic N) is 1. The average Bonchev–Trinajstić information content (AvgIpc) is 2.79. The summed E-state index contributed by atoms with van der Waals surface area (Å²) in [5, 5.41) is 0. The number of rotatable bonds is 9. The molecule has 0 aromatic rings. The highest BCUT2D eigenvalue weighted by Crippen LogP contribution is 2.27. The zero-order chi connectivity index (χ0) is 13.4. The molecule has 18 heavy (non-hydrogen) atoms. The SMILES string of the molecule is CCC(CC)N(CCOC)CCC1CCCC1N. The van der Waals surface area contributed by atoms with E-state index in [-0.39, 0.29) is 0 Å². The van der Waals surface area contributed by atoms with Crippen LogP contribution in [0.25, 0.3) is 0 Å². The molecule has 1 aliphatic carbocycles. The summed E-state index contributed by atoms with van der Waals surface area (Å²) in [6.07, 6.45) is 7.63. The van der Waals surface area contributed by atoms with Gasteiger partial charge in [-0.05, 0) is 44.6 Å². The summed E-state index contributed by atoms with van der Waals surface area (Å²) in [7, 11) is 1.79. The van der Waals surface area contributed by atoms with Crippen molar-refractivity contribution in [2.45, 2.75) is 64.5 Å². The number of hydrogen-bond donors (Lipinski definition) is 1. The summed E-state index contributed by atoms with van der Waals surface area (Å²) >= 11 is 0. The van der Waals surface area contributed by atoms with Crippen LogP contribution in [-0.2, 0) is 4.74 Å². The van der Waals surface area contributed by atoms with E-state index in [1.807, 2.05) is 0 Å². The normalized spacial score (nSPS) is 24.3. The van der Waals surface area contributed by atoms with Crippen molar-refractivity contribution < 1.29 is 4.74 Å². The lowest BCUT2D eigenvalue weighted by atomic mass is 9.99. The molecule has 2 N–H and O–H groups in total. The van der Waals surface area contributed by atoms with Gasteiger partial charge in [0.1, 0.15) is 0 Å². The molecule has 3 nitrogen and oxygen atoms in total. The molecule has 1 aliphatic rings. The van der Waals surface area contributed by atoms with Crippen LogP contribution in [0.15, 0.2) is 0 Å². The minimum atomic E-state index is 0.455. The smallest absolute Gasteiger partial charge is 0.0589 e. The number of ether oxygens (including phenoxy) is 1. The van der Waals surface area contributed by atoms with Crippen LogP contribution in [0.2, 0.25) is 0 Å². The van der Waals surface area contributed by atoms with Crippen molar-refractivity contribution in [3.63, 3.8) is 0 Å². The molecule has 0 spiro atoms. The number of hydrogen-bond acceptors (Lipinski definition) is 3. The monoisotopic (exact) mass is 256 g/mol. The van der Waals surface area contributed by atoms with E-state index in [9.17, 15) is 0 Å². The molecule has 1 rings (SSSR count). The van der Waals surface area contributed by atoms with Crippen LogP contribution in [0.1, 0.15) is 52.4 Å². The van der Waals surface area contributed by atoms with Gasteiger partial charge in [-0.3, -0.25) is 4.90 Å². The Labute approximate surface area is 113 Å². The maximum Gasteiger partial charge on any atom is 0.0589 e. The van der Waals surface area contributed by atoms with E-state index in [2.05, 4.69) is 18.7 Å². The van der Waals surface area contributed by atoms with Crippen molar-refractivity contribution in [3.05, 3.63) is 0 Å². The topological polar surface area (TPSA) is 38.5 Å². The van der Waals surface area contributed by atoms with E-state index < -0.39 is 0 Å². The summed E-state index contributed by atoms with van der Waals surface area (Å²) in [5.74, 6) is 0.754. The van der Waals surface area contributed by atoms with Crippen LogP contribution in [0, 0.1) is 5.92 Å². The van der Waals surface area contributed by atoms with E-state index in [0.29, 0.717) is 12.1 Å². The zero-order valence-electron chi connectivity index (χ0n) is 12.5. The van der Waals surface area contributed by atoms with Crippen LogP contribution in [-0.4, -0.2) is 43.8 Å². The lowest BCUT2D eigenvalue weighted by molar-refractivity contribution is 0.109. The molecule has 0 saturated heterocycles. The molecule has 0 aliphatic heterocycles. The van der Waals surface area contributed by atoms with Crippen molar-refractivity contribution in [2.75, 3.05) is 26.8 Å². The quantitative estimate of drug-likeness (QED) is 0.689. The molecule has 0 aromatic carbocycles. The summed E-state index contributed by atoms with van der Waals surface area (Å²) in [6, 6.07) is 1.16. The van der Waals surface area contributed by atoms with Gasteiger partial charge in [-0.15, -0.1) is 0 Å². The van der Waals surface area contributed by atoms with Crippen LogP contribution in [0.5, 0.6) is 0 Å². The molecule has 2 unspecified atom stereocenters. The molecule has 0 bridgehead atoms. The summed E-state index contributed by atoms with van der Waals surface area (Å²) in [4.78, 5) is 2.61. The molecule has 2 atom stereocenters. The maximum atomic E-state index is 6.16. The first-order valence-corrected chi connectivity index (χ1v) is 7.71. The number of methoxy groups -OCH3 is 1. The second-order valence-corrected chi connectivity index (χ2v) is 5.64. The highest BCUT2D eigenvalue weighted by molar-refractivity contribution is 4.81. The maximum absolute atomic E-state index is 6.16. The van der Waals surface area contributed by atoms with Crippen LogP contribution in [0.4, 0.5) is 0 Å². The molecule has 0 radical (unpaired) electrons. The highest BCUT2D eigenvalue weighted by atomic mass is 16.5. The number of nitrogens with two attached hydrogens (primary N) is 1. The molecular formula is C15H32N2O. The fourth-order valence-corrected chi connectivity index (χ4v) is 3.25. The highest BCUT2D eigenvalue weighted by Gasteiger charge is 2.25. The van der Waals surface area contributed by atoms with Crippen molar-refractivity contribution in [1.82, 2.24) is 4.90 Å². The first-order valence-electron chi connectivity index (χ1n) is 7.71. The molecule has 1 saturated carbocycles. The van der Waals surface area contributed by atoms with E-state index in [4.69, 9.17) is 10.5 Å². The lowest BCUT2D eigenvalue weighted by Gasteiger charge is -2.31. The molecular weight excluding hydrogens is 224 g/mol. The minimum Gasteiger partial charge on any atom is -0.383 e. The van der Waals surface area contributed by atoms with Crippen LogP contribution >= 0.6 is 0 Å². The van der Waals surface area contributed by atoms with Crippen molar-refractivity contribution in [3.8, 4) is 0 Å². The molecule has 0 aromatic heterocycles. The third kappa shape index (κ3) is 4.87. The standard InChI is InChI=1S/C15H32N2O/c1-4-14(5-2)17(11-12-18-3)10-9-13-7-6-8-15(13)16/h13-15H,4-12,16H2,1-3H3. The predicted molar refractivity (Wildman–Crippen MR) is 77.8 cm³/mol. The third-order valence-electron chi connectivity index (χ3n) is 4.55. The van der Waals surface area contributed by atoms with Crippen molar-refractivity contribution in [1.29, 1.82) is 0 Å². The Bertz CT molecular complexity index is 207. The average molecular weight is 256 g/mol. The van der Waals surface area contributed by atoms with Crippen molar-refractivity contribution in [2.24, 2.45) is 11.7 Å². The Morgan fingerprint density at radius 2 is 1.94 bits per heavy atom. The lowest BCUT2D eigenvalue weighted by Crippen LogP contribution is -2.39. The second-order valence-electron chi connectivity index (χ2n) is 5.64. The van der Waals surface area contributed by atoms with Crippen molar-refractivity contribution >= 4 is 0 Å². The fraction of sp³-hybridized carbons (Fsp3) is 1.00. The largest absolute Gasteiger partial charge is 0.383 e. The fourth-order valence-electron chi connectivity index (χ4n) is 3.25. The zero-order valence-corrected chi connectivity index (χ0v) is 12.5. The Kier molecular flexibility index (Phi) is 7.87. The van der Waals surface area contributed by atoms with Gasteiger partial charge in [0, 0.05) is 25.7 Å². The summed E-state index contributed by atoms with van der Waals surface area (Å²) in [5.41, 5.74) is 6.16. The van der Waals surface area contributed by atoms with Gasteiger partial charge in [0.2, 0.25) is 0 Å². The Morgan fingerprint density at radius 1 is 1.22 bits per heavy atom. The molecule has 0 amide bonds. The van der Waals surface area contributed by atoms with Gasteiger partial charge in [0.05, 0.1) is 6.61 Å². The van der Waals surface area contributed by atoms with Crippen LogP contribution < -0.4 is 5.73 Å². The van der Waals surface area contributed by atoms with Gasteiger partial charge < -0.3 is 10.5 Å². The molecule has 1 fully saturated rings. The second kappa shape index (κ2) is 8.89. The summed E-state index contributed by atoms with van der Waals surface area (Å²) < 4.78 is 5.24. The summed E-state index contributed by atoms with van der Waals surface area (Å²) in [6.45, 7) is 7.66. The van der Waals surface area contributed by atoms with Gasteiger partial charge in [0.15, 0.2) is 0 Å². The van der Waals surface area contributed by atoms with Crippen LogP contribution in [0.3, 0.4) is 0 Å². The predicted octanol–water partition coefficient (Wildman–Crippen LogP) is 2.64. The minimum absolute atomic E-state index is 0.455. The Hall–Kier alpha value is -0.120. The van der Waals surface area contributed by atoms with Gasteiger partial charge in [-0.25, -0.2) is 0 Å². The Balaban J connectivity index is 2.39. The van der Waals surface area contributed by atoms with Gasteiger partial charge in [0.25, 0.3) is 0 Å². The Morgan fingerprint density at radius 3 is 2.44 bits per heavy atom. The molecule has 0 heterocycles. The van der Waals surface area contributed by atoms with Gasteiger partial charge in [-0.1, -0.05) is 20.3 Å². The van der Waals surface area contributed by atoms with E-state index >= 15 is 0 Å². The first kappa shape index (κ1) is 15.9.